The van der Waals surface area contributed by atoms with Gasteiger partial charge in [0.05, 0.1) is 12.2 Å². The van der Waals surface area contributed by atoms with Gasteiger partial charge in [-0.2, -0.15) is 0 Å². The molecule has 0 unspecified atom stereocenters. The Hall–Kier alpha value is -1.14. The van der Waals surface area contributed by atoms with Crippen molar-refractivity contribution in [1.29, 1.82) is 0 Å². The van der Waals surface area contributed by atoms with Gasteiger partial charge in [-0.3, -0.25) is 4.79 Å². The molecule has 4 rings (SSSR count). The summed E-state index contributed by atoms with van der Waals surface area (Å²) in [7, 11) is 0. The molecule has 1 amide bonds. The highest BCUT2D eigenvalue weighted by Crippen LogP contribution is 2.68. The third-order valence-corrected chi connectivity index (χ3v) is 12.0. The summed E-state index contributed by atoms with van der Waals surface area (Å²) in [6.07, 6.45) is 9.72. The Labute approximate surface area is 218 Å². The molecule has 4 fully saturated rings. The quantitative estimate of drug-likeness (QED) is 0.371. The summed E-state index contributed by atoms with van der Waals surface area (Å²) in [6, 6.07) is -0.819. The van der Waals surface area contributed by atoms with Crippen molar-refractivity contribution in [2.75, 3.05) is 0 Å². The van der Waals surface area contributed by atoms with Crippen molar-refractivity contribution >= 4 is 11.9 Å². The molecule has 4 aliphatic rings. The first-order valence-corrected chi connectivity index (χ1v) is 14.8. The number of carbonyl (C=O) groups excluding carboxylic acids is 1. The fraction of sp³-hybridized carbons (Fsp3) is 0.933. The molecule has 0 bridgehead atoms. The lowest BCUT2D eigenvalue weighted by Gasteiger charge is -2.62. The maximum absolute atomic E-state index is 12.7. The number of aliphatic carboxylic acids is 1. The van der Waals surface area contributed by atoms with Crippen LogP contribution in [0, 0.1) is 52.3 Å². The number of carbonyl (C=O) groups is 2. The molecule has 36 heavy (non-hydrogen) atoms. The molecule has 0 saturated heterocycles. The first-order chi connectivity index (χ1) is 16.9. The zero-order valence-electron chi connectivity index (χ0n) is 23.2. The summed E-state index contributed by atoms with van der Waals surface area (Å²) >= 11 is 0. The van der Waals surface area contributed by atoms with Gasteiger partial charge in [0.15, 0.2) is 0 Å². The number of fused-ring (bicyclic) bond motifs is 5. The Morgan fingerprint density at radius 1 is 0.972 bits per heavy atom. The Bertz CT molecular complexity index is 817. The highest BCUT2D eigenvalue weighted by molar-refractivity contribution is 5.83. The molecule has 206 valence electrons. The van der Waals surface area contributed by atoms with E-state index in [1.54, 1.807) is 0 Å². The molecule has 0 spiro atoms. The van der Waals surface area contributed by atoms with E-state index in [2.05, 4.69) is 26.1 Å². The van der Waals surface area contributed by atoms with Crippen LogP contribution in [0.4, 0.5) is 0 Å². The van der Waals surface area contributed by atoms with Crippen molar-refractivity contribution in [2.45, 2.75) is 123 Å². The second kappa shape index (κ2) is 10.6. The summed E-state index contributed by atoms with van der Waals surface area (Å²) < 4.78 is 0. The van der Waals surface area contributed by atoms with Crippen LogP contribution in [0.5, 0.6) is 0 Å². The third kappa shape index (κ3) is 4.86. The van der Waals surface area contributed by atoms with Crippen molar-refractivity contribution in [2.24, 2.45) is 52.3 Å². The van der Waals surface area contributed by atoms with E-state index in [9.17, 15) is 24.9 Å². The van der Waals surface area contributed by atoms with Gasteiger partial charge in [-0.15, -0.1) is 0 Å². The maximum atomic E-state index is 12.7. The zero-order valence-corrected chi connectivity index (χ0v) is 23.2. The maximum Gasteiger partial charge on any atom is 0.326 e. The molecule has 4 aliphatic carbocycles. The lowest BCUT2D eigenvalue weighted by molar-refractivity contribution is -0.174. The predicted octanol–water partition coefficient (Wildman–Crippen LogP) is 5.01. The Morgan fingerprint density at radius 2 is 1.64 bits per heavy atom. The second-order valence-electron chi connectivity index (χ2n) is 13.7. The van der Waals surface area contributed by atoms with Crippen LogP contribution in [0.3, 0.4) is 0 Å². The number of aliphatic hydroxyl groups excluding tert-OH is 2. The fourth-order valence-corrected chi connectivity index (χ4v) is 9.66. The van der Waals surface area contributed by atoms with Crippen LogP contribution in [0.2, 0.25) is 0 Å². The van der Waals surface area contributed by atoms with Gasteiger partial charge in [-0.25, -0.2) is 4.79 Å². The molecule has 4 N–H and O–H groups in total. The minimum atomic E-state index is -0.955. The van der Waals surface area contributed by atoms with Gasteiger partial charge in [0.2, 0.25) is 5.91 Å². The molecular formula is C30H51NO5. The van der Waals surface area contributed by atoms with E-state index in [-0.39, 0.29) is 34.9 Å². The van der Waals surface area contributed by atoms with E-state index in [0.29, 0.717) is 48.3 Å². The van der Waals surface area contributed by atoms with E-state index in [4.69, 9.17) is 0 Å². The molecule has 12 atom stereocenters. The van der Waals surface area contributed by atoms with Crippen molar-refractivity contribution in [3.8, 4) is 0 Å². The van der Waals surface area contributed by atoms with Gasteiger partial charge >= 0.3 is 5.97 Å². The SMILES string of the molecule is CC[C@@H](C)[C@H](NC(=O)CC[C@@H](C)[C@H]1CC[C@H]2[C@@H]3[C@@H](O)C[C@@H]4C[C@H](O)CC[C@]4(C)[C@H]3CC[C@]12C)C(=O)O. The molecule has 6 heteroatoms. The van der Waals surface area contributed by atoms with Gasteiger partial charge in [0, 0.05) is 6.42 Å². The lowest BCUT2D eigenvalue weighted by atomic mass is 9.43. The number of hydrogen-bond acceptors (Lipinski definition) is 4. The smallest absolute Gasteiger partial charge is 0.326 e. The number of carboxylic acids is 1. The van der Waals surface area contributed by atoms with E-state index < -0.39 is 12.0 Å². The number of nitrogens with one attached hydrogen (secondary N) is 1. The van der Waals surface area contributed by atoms with Gasteiger partial charge in [-0.1, -0.05) is 41.0 Å². The Kier molecular flexibility index (Phi) is 8.17. The Morgan fingerprint density at radius 3 is 2.31 bits per heavy atom. The molecule has 0 radical (unpaired) electrons. The van der Waals surface area contributed by atoms with Gasteiger partial charge in [-0.05, 0) is 110 Å². The average molecular weight is 506 g/mol. The molecule has 0 aromatic rings. The highest BCUT2D eigenvalue weighted by atomic mass is 16.4. The topological polar surface area (TPSA) is 107 Å². The number of hydrogen-bond donors (Lipinski definition) is 4. The van der Waals surface area contributed by atoms with Crippen molar-refractivity contribution in [3.63, 3.8) is 0 Å². The first-order valence-electron chi connectivity index (χ1n) is 14.8. The fourth-order valence-electron chi connectivity index (χ4n) is 9.66. The largest absolute Gasteiger partial charge is 0.480 e. The predicted molar refractivity (Wildman–Crippen MR) is 140 cm³/mol. The van der Waals surface area contributed by atoms with Gasteiger partial charge < -0.3 is 20.6 Å². The molecular weight excluding hydrogens is 454 g/mol. The van der Waals surface area contributed by atoms with Crippen LogP contribution in [0.15, 0.2) is 0 Å². The monoisotopic (exact) mass is 505 g/mol. The molecule has 6 nitrogen and oxygen atoms in total. The summed E-state index contributed by atoms with van der Waals surface area (Å²) in [5.41, 5.74) is 0.429. The summed E-state index contributed by atoms with van der Waals surface area (Å²) in [4.78, 5) is 24.3. The van der Waals surface area contributed by atoms with Gasteiger partial charge in [0.1, 0.15) is 6.04 Å². The molecule has 0 aliphatic heterocycles. The minimum Gasteiger partial charge on any atom is -0.480 e. The number of amides is 1. The van der Waals surface area contributed by atoms with Crippen LogP contribution < -0.4 is 5.32 Å². The normalized spacial score (nSPS) is 44.5. The highest BCUT2D eigenvalue weighted by Gasteiger charge is 2.62. The molecule has 0 aromatic heterocycles. The van der Waals surface area contributed by atoms with Crippen LogP contribution in [0.1, 0.15) is 105 Å². The number of carboxylic acid groups (broad SMARTS) is 1. The first kappa shape index (κ1) is 27.9. The van der Waals surface area contributed by atoms with Crippen LogP contribution in [-0.4, -0.2) is 45.4 Å². The molecule has 0 aromatic carbocycles. The average Bonchev–Trinajstić information content (AvgIpc) is 3.18. The standard InChI is InChI=1S/C30H51NO5/c1-6-17(2)27(28(35)36)31-25(34)10-7-18(3)21-8-9-22-26-23(12-14-30(21,22)5)29(4)13-11-20(32)15-19(29)16-24(26)33/h17-24,26-27,32-33H,6-16H2,1-5H3,(H,31,34)(H,35,36)/t17-,18-,19+,20-,21-,22+,23+,24+,26+,27+,29+,30-/m1/s1. The van der Waals surface area contributed by atoms with Crippen LogP contribution in [0.25, 0.3) is 0 Å². The lowest BCUT2D eigenvalue weighted by Crippen LogP contribution is -2.58. The number of aliphatic hydroxyl groups is 2. The Balaban J connectivity index is 1.40. The van der Waals surface area contributed by atoms with Crippen LogP contribution >= 0.6 is 0 Å². The van der Waals surface area contributed by atoms with Crippen molar-refractivity contribution in [1.82, 2.24) is 5.32 Å². The van der Waals surface area contributed by atoms with Crippen molar-refractivity contribution < 1.29 is 24.9 Å². The van der Waals surface area contributed by atoms with E-state index >= 15 is 0 Å². The molecule has 0 heterocycles. The van der Waals surface area contributed by atoms with Crippen molar-refractivity contribution in [3.05, 3.63) is 0 Å². The number of rotatable bonds is 8. The van der Waals surface area contributed by atoms with E-state index in [1.165, 1.54) is 6.42 Å². The minimum absolute atomic E-state index is 0.0932. The summed E-state index contributed by atoms with van der Waals surface area (Å²) in [6.45, 7) is 11.0. The third-order valence-electron chi connectivity index (χ3n) is 12.0. The van der Waals surface area contributed by atoms with Crippen LogP contribution in [-0.2, 0) is 9.59 Å². The van der Waals surface area contributed by atoms with Gasteiger partial charge in [0.25, 0.3) is 0 Å². The van der Waals surface area contributed by atoms with E-state index in [0.717, 1.165) is 51.4 Å². The summed E-state index contributed by atoms with van der Waals surface area (Å²) in [5.74, 6) is 1.58. The molecule has 4 saturated carbocycles. The van der Waals surface area contributed by atoms with E-state index in [1.807, 2.05) is 13.8 Å². The zero-order chi connectivity index (χ0) is 26.4. The summed E-state index contributed by atoms with van der Waals surface area (Å²) in [5, 5.41) is 34.0. The second-order valence-corrected chi connectivity index (χ2v) is 13.7.